The van der Waals surface area contributed by atoms with E-state index in [4.69, 9.17) is 4.74 Å². The number of nitrogens with one attached hydrogen (secondary N) is 1. The number of hydrogen-bond donors (Lipinski definition) is 1. The molecule has 0 saturated heterocycles. The minimum Gasteiger partial charge on any atom is -0.382 e. The van der Waals surface area contributed by atoms with Gasteiger partial charge in [-0.25, -0.2) is 0 Å². The molecule has 2 atom stereocenters. The van der Waals surface area contributed by atoms with Crippen LogP contribution in [0, 0.1) is 13.8 Å². The average Bonchev–Trinajstić information content (AvgIpc) is 2.29. The van der Waals surface area contributed by atoms with Crippen molar-refractivity contribution >= 4 is 0 Å². The molecule has 0 fully saturated rings. The fourth-order valence-corrected chi connectivity index (χ4v) is 1.96. The molecule has 0 aliphatic heterocycles. The van der Waals surface area contributed by atoms with Crippen LogP contribution in [0.15, 0.2) is 18.2 Å². The zero-order valence-electron chi connectivity index (χ0n) is 11.0. The second kappa shape index (κ2) is 6.02. The average molecular weight is 221 g/mol. The van der Waals surface area contributed by atoms with Crippen molar-refractivity contribution in [2.75, 3.05) is 14.2 Å². The van der Waals surface area contributed by atoms with Crippen molar-refractivity contribution in [2.45, 2.75) is 39.3 Å². The summed E-state index contributed by atoms with van der Waals surface area (Å²) in [5.74, 6) is 0. The third-order valence-electron chi connectivity index (χ3n) is 3.13. The smallest absolute Gasteiger partial charge is 0.0561 e. The molecule has 0 radical (unpaired) electrons. The predicted octanol–water partition coefficient (Wildman–Crippen LogP) is 2.99. The Kier molecular flexibility index (Phi) is 4.97. The molecule has 0 bridgehead atoms. The third kappa shape index (κ3) is 3.32. The minimum atomic E-state index is 0.275. The number of benzene rings is 1. The van der Waals surface area contributed by atoms with Gasteiger partial charge >= 0.3 is 0 Å². The number of aryl methyl sites for hydroxylation is 2. The zero-order valence-corrected chi connectivity index (χ0v) is 11.0. The molecule has 0 saturated carbocycles. The highest BCUT2D eigenvalue weighted by Crippen LogP contribution is 2.23. The van der Waals surface area contributed by atoms with Gasteiger partial charge < -0.3 is 10.1 Å². The highest BCUT2D eigenvalue weighted by molar-refractivity contribution is 5.33. The Bertz CT molecular complexity index is 336. The molecule has 1 rings (SSSR count). The van der Waals surface area contributed by atoms with E-state index in [2.05, 4.69) is 44.3 Å². The molecule has 0 heterocycles. The van der Waals surface area contributed by atoms with Crippen molar-refractivity contribution in [2.24, 2.45) is 0 Å². The van der Waals surface area contributed by atoms with Gasteiger partial charge in [0.15, 0.2) is 0 Å². The first-order valence-corrected chi connectivity index (χ1v) is 5.85. The van der Waals surface area contributed by atoms with Crippen molar-refractivity contribution in [3.05, 3.63) is 34.9 Å². The van der Waals surface area contributed by atoms with Crippen LogP contribution in [0.4, 0.5) is 0 Å². The number of methoxy groups -OCH3 is 1. The molecule has 1 N–H and O–H groups in total. The Balaban J connectivity index is 2.89. The number of ether oxygens (including phenoxy) is 1. The van der Waals surface area contributed by atoms with Gasteiger partial charge in [0.1, 0.15) is 0 Å². The van der Waals surface area contributed by atoms with Crippen molar-refractivity contribution in [1.82, 2.24) is 5.32 Å². The Morgan fingerprint density at radius 3 is 2.56 bits per heavy atom. The molecule has 2 heteroatoms. The van der Waals surface area contributed by atoms with Gasteiger partial charge in [0.2, 0.25) is 0 Å². The van der Waals surface area contributed by atoms with Gasteiger partial charge in [-0.3, -0.25) is 0 Å². The molecule has 0 spiro atoms. The lowest BCUT2D eigenvalue weighted by molar-refractivity contribution is 0.101. The van der Waals surface area contributed by atoms with E-state index in [9.17, 15) is 0 Å². The Morgan fingerprint density at radius 2 is 2.00 bits per heavy atom. The lowest BCUT2D eigenvalue weighted by atomic mass is 9.95. The van der Waals surface area contributed by atoms with E-state index in [0.29, 0.717) is 6.04 Å². The minimum absolute atomic E-state index is 0.275. The molecular formula is C14H23NO. The summed E-state index contributed by atoms with van der Waals surface area (Å²) < 4.78 is 5.33. The highest BCUT2D eigenvalue weighted by Gasteiger charge is 2.15. The van der Waals surface area contributed by atoms with E-state index >= 15 is 0 Å². The fraction of sp³-hybridized carbons (Fsp3) is 0.571. The Labute approximate surface area is 99.0 Å². The topological polar surface area (TPSA) is 21.3 Å². The largest absolute Gasteiger partial charge is 0.382 e. The molecular weight excluding hydrogens is 198 g/mol. The summed E-state index contributed by atoms with van der Waals surface area (Å²) in [6, 6.07) is 6.98. The molecule has 2 nitrogen and oxygen atoms in total. The number of hydrogen-bond acceptors (Lipinski definition) is 2. The van der Waals surface area contributed by atoms with E-state index < -0.39 is 0 Å². The van der Waals surface area contributed by atoms with Crippen LogP contribution in [0.25, 0.3) is 0 Å². The standard InChI is InChI=1S/C14H23NO/c1-10-6-7-11(2)13(8-10)14(15-4)9-12(3)16-5/h6-8,12,14-15H,9H2,1-5H3. The van der Waals surface area contributed by atoms with Crippen molar-refractivity contribution in [3.63, 3.8) is 0 Å². The maximum atomic E-state index is 5.33. The van der Waals surface area contributed by atoms with Crippen LogP contribution in [0.2, 0.25) is 0 Å². The molecule has 0 aliphatic rings. The van der Waals surface area contributed by atoms with E-state index in [1.807, 2.05) is 7.05 Å². The summed E-state index contributed by atoms with van der Waals surface area (Å²) in [6.45, 7) is 6.40. The molecule has 90 valence electrons. The lowest BCUT2D eigenvalue weighted by Crippen LogP contribution is -2.22. The van der Waals surface area contributed by atoms with Crippen molar-refractivity contribution in [1.29, 1.82) is 0 Å². The number of rotatable bonds is 5. The van der Waals surface area contributed by atoms with Crippen molar-refractivity contribution < 1.29 is 4.74 Å². The Hall–Kier alpha value is -0.860. The van der Waals surface area contributed by atoms with Crippen LogP contribution < -0.4 is 5.32 Å². The molecule has 16 heavy (non-hydrogen) atoms. The fourth-order valence-electron chi connectivity index (χ4n) is 1.96. The SMILES string of the molecule is CNC(CC(C)OC)c1cc(C)ccc1C. The van der Waals surface area contributed by atoms with Crippen LogP contribution in [-0.2, 0) is 4.74 Å². The molecule has 2 unspecified atom stereocenters. The molecule has 1 aromatic carbocycles. The van der Waals surface area contributed by atoms with Gasteiger partial charge in [-0.2, -0.15) is 0 Å². The van der Waals surface area contributed by atoms with Gasteiger partial charge in [-0.1, -0.05) is 23.8 Å². The third-order valence-corrected chi connectivity index (χ3v) is 3.13. The summed E-state index contributed by atoms with van der Waals surface area (Å²) >= 11 is 0. The quantitative estimate of drug-likeness (QED) is 0.825. The van der Waals surface area contributed by atoms with Crippen LogP contribution in [0.3, 0.4) is 0 Å². The summed E-state index contributed by atoms with van der Waals surface area (Å²) in [4.78, 5) is 0. The van der Waals surface area contributed by atoms with Crippen LogP contribution in [-0.4, -0.2) is 20.3 Å². The first kappa shape index (κ1) is 13.2. The van der Waals surface area contributed by atoms with Gasteiger partial charge in [0, 0.05) is 13.2 Å². The normalized spacial score (nSPS) is 14.8. The van der Waals surface area contributed by atoms with Crippen LogP contribution in [0.1, 0.15) is 36.1 Å². The first-order chi connectivity index (χ1) is 7.58. The summed E-state index contributed by atoms with van der Waals surface area (Å²) in [7, 11) is 3.77. The second-order valence-electron chi connectivity index (χ2n) is 4.48. The van der Waals surface area contributed by atoms with E-state index in [0.717, 1.165) is 6.42 Å². The monoisotopic (exact) mass is 221 g/mol. The van der Waals surface area contributed by atoms with Gasteiger partial charge in [-0.15, -0.1) is 0 Å². The molecule has 0 aromatic heterocycles. The van der Waals surface area contributed by atoms with Gasteiger partial charge in [-0.05, 0) is 45.4 Å². The maximum absolute atomic E-state index is 5.33. The van der Waals surface area contributed by atoms with Gasteiger partial charge in [0.05, 0.1) is 6.10 Å². The van der Waals surface area contributed by atoms with Gasteiger partial charge in [0.25, 0.3) is 0 Å². The second-order valence-corrected chi connectivity index (χ2v) is 4.48. The van der Waals surface area contributed by atoms with Crippen molar-refractivity contribution in [3.8, 4) is 0 Å². The molecule has 0 amide bonds. The maximum Gasteiger partial charge on any atom is 0.0561 e. The lowest BCUT2D eigenvalue weighted by Gasteiger charge is -2.22. The molecule has 1 aromatic rings. The summed E-state index contributed by atoms with van der Waals surface area (Å²) in [6.07, 6.45) is 1.27. The summed E-state index contributed by atoms with van der Waals surface area (Å²) in [5.41, 5.74) is 4.03. The van der Waals surface area contributed by atoms with E-state index in [1.54, 1.807) is 7.11 Å². The van der Waals surface area contributed by atoms with E-state index in [-0.39, 0.29) is 6.10 Å². The Morgan fingerprint density at radius 1 is 1.31 bits per heavy atom. The van der Waals surface area contributed by atoms with E-state index in [1.165, 1.54) is 16.7 Å². The van der Waals surface area contributed by atoms with Crippen LogP contribution >= 0.6 is 0 Å². The first-order valence-electron chi connectivity index (χ1n) is 5.85. The molecule has 0 aliphatic carbocycles. The van der Waals surface area contributed by atoms with Crippen LogP contribution in [0.5, 0.6) is 0 Å². The summed E-state index contributed by atoms with van der Waals surface area (Å²) in [5, 5.41) is 3.37. The zero-order chi connectivity index (χ0) is 12.1. The highest BCUT2D eigenvalue weighted by atomic mass is 16.5. The predicted molar refractivity (Wildman–Crippen MR) is 68.8 cm³/mol.